The largest absolute Gasteiger partial charge is 0.494 e. The van der Waals surface area contributed by atoms with Gasteiger partial charge in [0.15, 0.2) is 6.10 Å². The van der Waals surface area contributed by atoms with Crippen LogP contribution < -0.4 is 10.2 Å². The fourth-order valence-corrected chi connectivity index (χ4v) is 2.02. The zero-order valence-corrected chi connectivity index (χ0v) is 13.0. The lowest BCUT2D eigenvalue weighted by molar-refractivity contribution is -0.138. The average molecular weight is 318 g/mol. The minimum absolute atomic E-state index is 0.107. The first-order valence-electron chi connectivity index (χ1n) is 7.34. The smallest absolute Gasteiger partial charge is 0.355 e. The molecule has 0 aromatic heterocycles. The molecular formula is C16H18N2O5. The molecule has 0 radical (unpaired) electrons. The van der Waals surface area contributed by atoms with Crippen LogP contribution in [0, 0.1) is 0 Å². The van der Waals surface area contributed by atoms with Crippen molar-refractivity contribution in [1.29, 1.82) is 0 Å². The molecule has 1 aromatic carbocycles. The molecule has 0 aliphatic carbocycles. The molecular weight excluding hydrogens is 300 g/mol. The van der Waals surface area contributed by atoms with Crippen LogP contribution in [0.1, 0.15) is 37.0 Å². The molecule has 2 rings (SSSR count). The second-order valence-electron chi connectivity index (χ2n) is 4.96. The van der Waals surface area contributed by atoms with E-state index >= 15 is 0 Å². The molecule has 122 valence electrons. The van der Waals surface area contributed by atoms with Gasteiger partial charge in [0, 0.05) is 18.4 Å². The Morgan fingerprint density at radius 1 is 1.26 bits per heavy atom. The molecule has 1 aromatic rings. The van der Waals surface area contributed by atoms with Crippen LogP contribution in [-0.2, 0) is 14.3 Å². The molecule has 0 bridgehead atoms. The van der Waals surface area contributed by atoms with Crippen LogP contribution in [0.15, 0.2) is 29.4 Å². The SMILES string of the molecule is CCOc1ccc(C(=O)C(C)OC(=O)C2=NNC(=O)CC2)cc1. The molecule has 1 unspecified atom stereocenters. The van der Waals surface area contributed by atoms with Crippen LogP contribution in [-0.4, -0.2) is 36.1 Å². The second-order valence-corrected chi connectivity index (χ2v) is 4.96. The van der Waals surface area contributed by atoms with Gasteiger partial charge in [-0.05, 0) is 38.1 Å². The number of hydrogen-bond donors (Lipinski definition) is 1. The second kappa shape index (κ2) is 7.53. The van der Waals surface area contributed by atoms with E-state index in [0.29, 0.717) is 17.9 Å². The monoisotopic (exact) mass is 318 g/mol. The highest BCUT2D eigenvalue weighted by atomic mass is 16.5. The molecule has 23 heavy (non-hydrogen) atoms. The number of ether oxygens (including phenoxy) is 2. The van der Waals surface area contributed by atoms with Crippen molar-refractivity contribution >= 4 is 23.4 Å². The molecule has 7 nitrogen and oxygen atoms in total. The number of ketones is 1. The van der Waals surface area contributed by atoms with Gasteiger partial charge in [-0.2, -0.15) is 5.10 Å². The summed E-state index contributed by atoms with van der Waals surface area (Å²) in [6.45, 7) is 3.91. The maximum Gasteiger partial charge on any atom is 0.355 e. The summed E-state index contributed by atoms with van der Waals surface area (Å²) in [5.74, 6) is -0.598. The fraction of sp³-hybridized carbons (Fsp3) is 0.375. The van der Waals surface area contributed by atoms with Gasteiger partial charge in [0.2, 0.25) is 11.7 Å². The van der Waals surface area contributed by atoms with Crippen molar-refractivity contribution in [3.8, 4) is 5.75 Å². The molecule has 1 amide bonds. The third kappa shape index (κ3) is 4.38. The standard InChI is InChI=1S/C16H18N2O5/c1-3-22-12-6-4-11(5-7-12)15(20)10(2)23-16(21)13-8-9-14(19)18-17-13/h4-7,10H,3,8-9H2,1-2H3,(H,18,19). The Morgan fingerprint density at radius 2 is 1.96 bits per heavy atom. The predicted octanol–water partition coefficient (Wildman–Crippen LogP) is 1.47. The zero-order valence-electron chi connectivity index (χ0n) is 13.0. The molecule has 1 N–H and O–H groups in total. The number of esters is 1. The Balaban J connectivity index is 1.96. The summed E-state index contributed by atoms with van der Waals surface area (Å²) in [5.41, 5.74) is 2.75. The van der Waals surface area contributed by atoms with E-state index in [0.717, 1.165) is 0 Å². The molecule has 1 heterocycles. The summed E-state index contributed by atoms with van der Waals surface area (Å²) in [4.78, 5) is 35.2. The van der Waals surface area contributed by atoms with E-state index in [1.54, 1.807) is 24.3 Å². The van der Waals surface area contributed by atoms with E-state index in [9.17, 15) is 14.4 Å². The van der Waals surface area contributed by atoms with Crippen molar-refractivity contribution in [1.82, 2.24) is 5.43 Å². The minimum Gasteiger partial charge on any atom is -0.494 e. The quantitative estimate of drug-likeness (QED) is 0.633. The molecule has 7 heteroatoms. The van der Waals surface area contributed by atoms with Gasteiger partial charge in [0.05, 0.1) is 6.61 Å². The minimum atomic E-state index is -0.944. The van der Waals surface area contributed by atoms with E-state index in [1.807, 2.05) is 6.92 Å². The average Bonchev–Trinajstić information content (AvgIpc) is 2.55. The van der Waals surface area contributed by atoms with Crippen molar-refractivity contribution in [2.24, 2.45) is 5.10 Å². The van der Waals surface area contributed by atoms with Gasteiger partial charge in [0.25, 0.3) is 0 Å². The van der Waals surface area contributed by atoms with Gasteiger partial charge in [-0.15, -0.1) is 0 Å². The number of carbonyl (C=O) groups is 3. The van der Waals surface area contributed by atoms with Crippen molar-refractivity contribution in [2.75, 3.05) is 6.61 Å². The number of nitrogens with zero attached hydrogens (tertiary/aromatic N) is 1. The maximum atomic E-state index is 12.3. The lowest BCUT2D eigenvalue weighted by atomic mass is 10.1. The summed E-state index contributed by atoms with van der Waals surface area (Å²) in [6, 6.07) is 6.62. The number of nitrogens with one attached hydrogen (secondary N) is 1. The normalized spacial score (nSPS) is 15.2. The number of hydrazone groups is 1. The molecule has 0 fully saturated rings. The molecule has 0 saturated heterocycles. The van der Waals surface area contributed by atoms with Crippen LogP contribution in [0.3, 0.4) is 0 Å². The first-order valence-corrected chi connectivity index (χ1v) is 7.34. The number of rotatable bonds is 6. The summed E-state index contributed by atoms with van der Waals surface area (Å²) in [7, 11) is 0. The van der Waals surface area contributed by atoms with Crippen molar-refractivity contribution in [2.45, 2.75) is 32.8 Å². The van der Waals surface area contributed by atoms with Gasteiger partial charge >= 0.3 is 5.97 Å². The summed E-state index contributed by atoms with van der Waals surface area (Å²) >= 11 is 0. The number of benzene rings is 1. The Hall–Kier alpha value is -2.70. The summed E-state index contributed by atoms with van der Waals surface area (Å²) in [5, 5.41) is 3.64. The molecule has 0 saturated carbocycles. The lowest BCUT2D eigenvalue weighted by Gasteiger charge is -2.15. The van der Waals surface area contributed by atoms with E-state index in [1.165, 1.54) is 6.92 Å². The summed E-state index contributed by atoms with van der Waals surface area (Å²) < 4.78 is 10.4. The number of Topliss-reactive ketones (excluding diaryl/α,β-unsaturated/α-hetero) is 1. The van der Waals surface area contributed by atoms with Crippen molar-refractivity contribution in [3.63, 3.8) is 0 Å². The Bertz CT molecular complexity index is 636. The Kier molecular flexibility index (Phi) is 5.46. The van der Waals surface area contributed by atoms with Crippen LogP contribution in [0.4, 0.5) is 0 Å². The number of carbonyl (C=O) groups excluding carboxylic acids is 3. The van der Waals surface area contributed by atoms with E-state index in [2.05, 4.69) is 10.5 Å². The van der Waals surface area contributed by atoms with Crippen molar-refractivity contribution < 1.29 is 23.9 Å². The molecule has 0 spiro atoms. The highest BCUT2D eigenvalue weighted by molar-refractivity contribution is 6.37. The third-order valence-electron chi connectivity index (χ3n) is 3.24. The number of hydrogen-bond acceptors (Lipinski definition) is 6. The van der Waals surface area contributed by atoms with E-state index in [-0.39, 0.29) is 30.2 Å². The Morgan fingerprint density at radius 3 is 2.52 bits per heavy atom. The predicted molar refractivity (Wildman–Crippen MR) is 82.3 cm³/mol. The lowest BCUT2D eigenvalue weighted by Crippen LogP contribution is -2.34. The van der Waals surface area contributed by atoms with Gasteiger partial charge < -0.3 is 9.47 Å². The van der Waals surface area contributed by atoms with E-state index < -0.39 is 12.1 Å². The first kappa shape index (κ1) is 16.7. The molecule has 1 aliphatic rings. The molecule has 1 aliphatic heterocycles. The third-order valence-corrected chi connectivity index (χ3v) is 3.24. The summed E-state index contributed by atoms with van der Waals surface area (Å²) in [6.07, 6.45) is -0.565. The van der Waals surface area contributed by atoms with Crippen LogP contribution in [0.5, 0.6) is 5.75 Å². The number of amides is 1. The topological polar surface area (TPSA) is 94.1 Å². The van der Waals surface area contributed by atoms with Gasteiger partial charge in [-0.1, -0.05) is 0 Å². The van der Waals surface area contributed by atoms with Crippen LogP contribution >= 0.6 is 0 Å². The van der Waals surface area contributed by atoms with E-state index in [4.69, 9.17) is 9.47 Å². The maximum absolute atomic E-state index is 12.3. The Labute approximate surface area is 133 Å². The highest BCUT2D eigenvalue weighted by Crippen LogP contribution is 2.15. The van der Waals surface area contributed by atoms with Gasteiger partial charge in [-0.3, -0.25) is 9.59 Å². The fourth-order valence-electron chi connectivity index (χ4n) is 2.02. The van der Waals surface area contributed by atoms with Crippen molar-refractivity contribution in [3.05, 3.63) is 29.8 Å². The molecule has 1 atom stereocenters. The van der Waals surface area contributed by atoms with Gasteiger partial charge in [-0.25, -0.2) is 10.2 Å². The zero-order chi connectivity index (χ0) is 16.8. The first-order chi connectivity index (χ1) is 11.0. The van der Waals surface area contributed by atoms with Crippen LogP contribution in [0.25, 0.3) is 0 Å². The highest BCUT2D eigenvalue weighted by Gasteiger charge is 2.25. The van der Waals surface area contributed by atoms with Gasteiger partial charge in [0.1, 0.15) is 11.5 Å². The van der Waals surface area contributed by atoms with Crippen LogP contribution in [0.2, 0.25) is 0 Å².